The molecule has 0 aliphatic heterocycles. The summed E-state index contributed by atoms with van der Waals surface area (Å²) in [6, 6.07) is 32.9. The number of nitrogens with zero attached hydrogens (tertiary/aromatic N) is 1. The zero-order chi connectivity index (χ0) is 31.1. The van der Waals surface area contributed by atoms with Crippen molar-refractivity contribution >= 4 is 23.3 Å². The Kier molecular flexibility index (Phi) is 11.9. The topological polar surface area (TPSA) is 84.9 Å². The van der Waals surface area contributed by atoms with E-state index < -0.39 is 12.0 Å². The van der Waals surface area contributed by atoms with Gasteiger partial charge in [-0.1, -0.05) is 91.0 Å². The number of rotatable bonds is 15. The molecule has 0 aliphatic carbocycles. The van der Waals surface area contributed by atoms with E-state index in [-0.39, 0.29) is 11.7 Å². The maximum absolute atomic E-state index is 13.2. The van der Waals surface area contributed by atoms with Gasteiger partial charge in [0.2, 0.25) is 5.91 Å². The van der Waals surface area contributed by atoms with E-state index in [2.05, 4.69) is 5.32 Å². The molecule has 4 aromatic carbocycles. The maximum Gasteiger partial charge on any atom is 0.328 e. The molecule has 0 spiro atoms. The number of para-hydroxylation sites is 1. The lowest BCUT2D eigenvalue weighted by Crippen LogP contribution is -2.33. The minimum atomic E-state index is -0.707. The zero-order valence-corrected chi connectivity index (χ0v) is 25.1. The summed E-state index contributed by atoms with van der Waals surface area (Å²) in [7, 11) is 1.35. The van der Waals surface area contributed by atoms with Gasteiger partial charge in [-0.05, 0) is 54.8 Å². The van der Waals surface area contributed by atoms with Crippen molar-refractivity contribution in [2.45, 2.75) is 32.4 Å². The van der Waals surface area contributed by atoms with Crippen LogP contribution >= 0.6 is 0 Å². The summed E-state index contributed by atoms with van der Waals surface area (Å²) in [6.45, 7) is 3.39. The van der Waals surface area contributed by atoms with Crippen LogP contribution in [0.1, 0.15) is 40.4 Å². The molecule has 7 heteroatoms. The molecule has 0 radical (unpaired) electrons. The number of ketones is 1. The molecule has 0 unspecified atom stereocenters. The van der Waals surface area contributed by atoms with Crippen LogP contribution in [0.5, 0.6) is 5.75 Å². The van der Waals surface area contributed by atoms with Crippen LogP contribution < -0.4 is 10.1 Å². The second-order valence-corrected chi connectivity index (χ2v) is 10.3. The quantitative estimate of drug-likeness (QED) is 0.0738. The average molecular weight is 591 g/mol. The van der Waals surface area contributed by atoms with Crippen LogP contribution in [0.2, 0.25) is 0 Å². The van der Waals surface area contributed by atoms with Gasteiger partial charge in [0.1, 0.15) is 11.8 Å². The molecule has 1 atom stereocenters. The molecule has 226 valence electrons. The summed E-state index contributed by atoms with van der Waals surface area (Å²) < 4.78 is 11.0. The molecule has 1 N–H and O–H groups in total. The van der Waals surface area contributed by atoms with E-state index in [0.29, 0.717) is 55.1 Å². The Morgan fingerprint density at radius 3 is 2.16 bits per heavy atom. The fourth-order valence-electron chi connectivity index (χ4n) is 4.80. The molecule has 0 saturated carbocycles. The number of anilines is 1. The monoisotopic (exact) mass is 590 g/mol. The van der Waals surface area contributed by atoms with Crippen molar-refractivity contribution in [3.63, 3.8) is 0 Å². The number of ether oxygens (including phenoxy) is 2. The van der Waals surface area contributed by atoms with E-state index in [0.717, 1.165) is 11.1 Å². The number of carbonyl (C=O) groups excluding carboxylic acids is 3. The van der Waals surface area contributed by atoms with Crippen molar-refractivity contribution in [3.8, 4) is 5.75 Å². The van der Waals surface area contributed by atoms with E-state index >= 15 is 0 Å². The lowest BCUT2D eigenvalue weighted by molar-refractivity contribution is -0.141. The molecule has 0 fully saturated rings. The molecule has 0 saturated heterocycles. The van der Waals surface area contributed by atoms with Crippen LogP contribution in [-0.4, -0.2) is 48.9 Å². The van der Waals surface area contributed by atoms with E-state index in [9.17, 15) is 14.4 Å². The van der Waals surface area contributed by atoms with Gasteiger partial charge in [0, 0.05) is 36.3 Å². The highest BCUT2D eigenvalue weighted by molar-refractivity contribution is 6.12. The van der Waals surface area contributed by atoms with Crippen molar-refractivity contribution in [2.75, 3.05) is 25.6 Å². The molecule has 4 rings (SSSR count). The van der Waals surface area contributed by atoms with E-state index in [1.807, 2.05) is 90.7 Å². The van der Waals surface area contributed by atoms with Crippen molar-refractivity contribution in [2.24, 2.45) is 0 Å². The minimum absolute atomic E-state index is 0.0264. The Morgan fingerprint density at radius 2 is 1.48 bits per heavy atom. The number of amides is 1. The summed E-state index contributed by atoms with van der Waals surface area (Å²) in [6.07, 6.45) is 4.36. The largest absolute Gasteiger partial charge is 0.494 e. The van der Waals surface area contributed by atoms with E-state index in [4.69, 9.17) is 9.47 Å². The highest BCUT2D eigenvalue weighted by Gasteiger charge is 2.22. The average Bonchev–Trinajstić information content (AvgIpc) is 3.07. The molecular weight excluding hydrogens is 552 g/mol. The first-order chi connectivity index (χ1) is 21.5. The summed E-state index contributed by atoms with van der Waals surface area (Å²) in [4.78, 5) is 40.3. The van der Waals surface area contributed by atoms with Crippen LogP contribution in [0, 0.1) is 0 Å². The second kappa shape index (κ2) is 16.5. The highest BCUT2D eigenvalue weighted by atomic mass is 16.5. The Morgan fingerprint density at radius 1 is 0.818 bits per heavy atom. The van der Waals surface area contributed by atoms with Crippen LogP contribution in [-0.2, 0) is 27.3 Å². The number of hydrogen-bond acceptors (Lipinski definition) is 6. The summed E-state index contributed by atoms with van der Waals surface area (Å²) in [5.41, 5.74) is 3.59. The minimum Gasteiger partial charge on any atom is -0.494 e. The van der Waals surface area contributed by atoms with Crippen molar-refractivity contribution in [1.29, 1.82) is 0 Å². The van der Waals surface area contributed by atoms with Crippen LogP contribution in [0.25, 0.3) is 0 Å². The first kappa shape index (κ1) is 31.8. The fraction of sp³-hybridized carbons (Fsp3) is 0.216. The van der Waals surface area contributed by atoms with Gasteiger partial charge in [0.15, 0.2) is 5.78 Å². The number of hydrogen-bond donors (Lipinski definition) is 1. The van der Waals surface area contributed by atoms with Crippen LogP contribution in [0.15, 0.2) is 121 Å². The number of esters is 1. The zero-order valence-electron chi connectivity index (χ0n) is 25.1. The van der Waals surface area contributed by atoms with Gasteiger partial charge in [-0.3, -0.25) is 9.59 Å². The molecule has 0 bridgehead atoms. The Bertz CT molecular complexity index is 1540. The van der Waals surface area contributed by atoms with E-state index in [1.54, 1.807) is 42.5 Å². The molecule has 0 heterocycles. The predicted molar refractivity (Wildman–Crippen MR) is 173 cm³/mol. The Labute approximate surface area is 259 Å². The third kappa shape index (κ3) is 9.16. The third-order valence-electron chi connectivity index (χ3n) is 7.06. The number of methoxy groups -OCH3 is 1. The second-order valence-electron chi connectivity index (χ2n) is 10.3. The standard InChI is InChI=1S/C37H38N2O5/c1-3-13-35(40)39(27-29-14-6-4-7-15-29)24-12-25-44-31-22-20-28(21-23-31)26-34(37(42)43-2)38-33-19-11-10-18-32(33)36(41)30-16-8-5-9-17-30/h3-11,13-23,34,38H,12,24-27H2,1-2H3/t34-/m0/s1. The predicted octanol–water partition coefficient (Wildman–Crippen LogP) is 6.49. The van der Waals surface area contributed by atoms with Crippen LogP contribution in [0.3, 0.4) is 0 Å². The Balaban J connectivity index is 1.35. The van der Waals surface area contributed by atoms with Crippen molar-refractivity contribution in [3.05, 3.63) is 144 Å². The van der Waals surface area contributed by atoms with Crippen LogP contribution in [0.4, 0.5) is 5.69 Å². The lowest BCUT2D eigenvalue weighted by atomic mass is 10.00. The van der Waals surface area contributed by atoms with Crippen molar-refractivity contribution < 1.29 is 23.9 Å². The highest BCUT2D eigenvalue weighted by Crippen LogP contribution is 2.22. The number of nitrogens with one attached hydrogen (secondary N) is 1. The molecule has 7 nitrogen and oxygen atoms in total. The number of benzene rings is 4. The molecular formula is C37H38N2O5. The van der Waals surface area contributed by atoms with Gasteiger partial charge in [-0.15, -0.1) is 0 Å². The first-order valence-electron chi connectivity index (χ1n) is 14.7. The lowest BCUT2D eigenvalue weighted by Gasteiger charge is -2.21. The van der Waals surface area contributed by atoms with Gasteiger partial charge in [0.25, 0.3) is 0 Å². The van der Waals surface area contributed by atoms with Gasteiger partial charge >= 0.3 is 5.97 Å². The van der Waals surface area contributed by atoms with Crippen molar-refractivity contribution in [1.82, 2.24) is 4.90 Å². The summed E-state index contributed by atoms with van der Waals surface area (Å²) in [5.74, 6) is 0.110. The molecule has 1 amide bonds. The number of allylic oxidation sites excluding steroid dienone is 1. The molecule has 44 heavy (non-hydrogen) atoms. The number of carbonyl (C=O) groups is 3. The van der Waals surface area contributed by atoms with Gasteiger partial charge in [-0.25, -0.2) is 4.79 Å². The maximum atomic E-state index is 13.2. The molecule has 4 aromatic rings. The van der Waals surface area contributed by atoms with Gasteiger partial charge < -0.3 is 19.7 Å². The van der Waals surface area contributed by atoms with Gasteiger partial charge in [-0.2, -0.15) is 0 Å². The SMILES string of the molecule is CC=CC(=O)N(CCCOc1ccc(C[C@H](Nc2ccccc2C(=O)c2ccccc2)C(=O)OC)cc1)Cc1ccccc1. The summed E-state index contributed by atoms with van der Waals surface area (Å²) in [5, 5.41) is 3.24. The molecule has 0 aromatic heterocycles. The first-order valence-corrected chi connectivity index (χ1v) is 14.7. The van der Waals surface area contributed by atoms with Gasteiger partial charge in [0.05, 0.1) is 13.7 Å². The third-order valence-corrected chi connectivity index (χ3v) is 7.06. The Hall–Kier alpha value is -5.17. The molecule has 0 aliphatic rings. The van der Waals surface area contributed by atoms with E-state index in [1.165, 1.54) is 7.11 Å². The normalized spacial score (nSPS) is 11.5. The fourth-order valence-corrected chi connectivity index (χ4v) is 4.80. The summed E-state index contributed by atoms with van der Waals surface area (Å²) >= 11 is 0. The smallest absolute Gasteiger partial charge is 0.328 e.